The van der Waals surface area contributed by atoms with Gasteiger partial charge >= 0.3 is 18.0 Å². The molecule has 0 aromatic heterocycles. The molecule has 1 aliphatic heterocycles. The van der Waals surface area contributed by atoms with Gasteiger partial charge in [-0.2, -0.15) is 0 Å². The zero-order chi connectivity index (χ0) is 29.2. The number of esters is 2. The summed E-state index contributed by atoms with van der Waals surface area (Å²) in [6, 6.07) is 21.2. The molecule has 1 heterocycles. The van der Waals surface area contributed by atoms with Gasteiger partial charge in [0.1, 0.15) is 0 Å². The highest BCUT2D eigenvalue weighted by molar-refractivity contribution is 6.30. The highest BCUT2D eigenvalue weighted by atomic mass is 35.5. The molecule has 216 valence electrons. The SMILES string of the molecule is CCOC(=O)c1ccc(NC(=O)N2CCN(C[C@H](OCc3ccc(C(=O)OC)cc3)c3ccc(Cl)cc3)CC2)cc1. The molecule has 0 aliphatic carbocycles. The summed E-state index contributed by atoms with van der Waals surface area (Å²) in [5, 5.41) is 3.55. The van der Waals surface area contributed by atoms with Gasteiger partial charge in [-0.1, -0.05) is 35.9 Å². The van der Waals surface area contributed by atoms with E-state index in [9.17, 15) is 14.4 Å². The number of benzene rings is 3. The largest absolute Gasteiger partial charge is 0.465 e. The maximum absolute atomic E-state index is 12.9. The fourth-order valence-electron chi connectivity index (χ4n) is 4.46. The summed E-state index contributed by atoms with van der Waals surface area (Å²) < 4.78 is 16.1. The fourth-order valence-corrected chi connectivity index (χ4v) is 4.58. The molecule has 3 aromatic rings. The van der Waals surface area contributed by atoms with Crippen LogP contribution in [0.2, 0.25) is 5.02 Å². The molecule has 1 saturated heterocycles. The Labute approximate surface area is 244 Å². The summed E-state index contributed by atoms with van der Waals surface area (Å²) in [7, 11) is 1.36. The Kier molecular flexibility index (Phi) is 10.7. The van der Waals surface area contributed by atoms with Crippen LogP contribution in [0.4, 0.5) is 10.5 Å². The van der Waals surface area contributed by atoms with Gasteiger partial charge in [-0.3, -0.25) is 4.90 Å². The third-order valence-electron chi connectivity index (χ3n) is 6.80. The number of hydrogen-bond acceptors (Lipinski definition) is 7. The Morgan fingerprint density at radius 3 is 2.07 bits per heavy atom. The van der Waals surface area contributed by atoms with Crippen LogP contribution in [0.25, 0.3) is 0 Å². The van der Waals surface area contributed by atoms with Gasteiger partial charge in [-0.15, -0.1) is 0 Å². The Hall–Kier alpha value is -3.92. The van der Waals surface area contributed by atoms with Gasteiger partial charge in [0, 0.05) is 43.4 Å². The van der Waals surface area contributed by atoms with Crippen LogP contribution < -0.4 is 5.32 Å². The molecule has 1 N–H and O–H groups in total. The summed E-state index contributed by atoms with van der Waals surface area (Å²) >= 11 is 6.12. The van der Waals surface area contributed by atoms with Crippen molar-refractivity contribution >= 4 is 35.3 Å². The molecule has 10 heteroatoms. The van der Waals surface area contributed by atoms with Crippen molar-refractivity contribution in [3.8, 4) is 0 Å². The second-order valence-corrected chi connectivity index (χ2v) is 9.99. The molecule has 1 fully saturated rings. The lowest BCUT2D eigenvalue weighted by Gasteiger charge is -2.36. The van der Waals surface area contributed by atoms with Crippen LogP contribution in [-0.4, -0.2) is 74.2 Å². The number of piperazine rings is 1. The number of nitrogens with zero attached hydrogens (tertiary/aromatic N) is 2. The van der Waals surface area contributed by atoms with Gasteiger partial charge in [-0.25, -0.2) is 14.4 Å². The summed E-state index contributed by atoms with van der Waals surface area (Å²) in [5.41, 5.74) is 3.48. The number of methoxy groups -OCH3 is 1. The molecule has 4 rings (SSSR count). The Balaban J connectivity index is 1.31. The van der Waals surface area contributed by atoms with E-state index >= 15 is 0 Å². The lowest BCUT2D eigenvalue weighted by molar-refractivity contribution is 0.00592. The second-order valence-electron chi connectivity index (χ2n) is 9.56. The molecule has 1 atom stereocenters. The predicted octanol–water partition coefficient (Wildman–Crippen LogP) is 5.41. The summed E-state index contributed by atoms with van der Waals surface area (Å²) in [6.07, 6.45) is -0.217. The predicted molar refractivity (Wildman–Crippen MR) is 156 cm³/mol. The quantitative estimate of drug-likeness (QED) is 0.321. The minimum Gasteiger partial charge on any atom is -0.465 e. The maximum atomic E-state index is 12.9. The van der Waals surface area contributed by atoms with Crippen molar-refractivity contribution in [2.24, 2.45) is 0 Å². The molecule has 0 unspecified atom stereocenters. The lowest BCUT2D eigenvalue weighted by atomic mass is 10.1. The number of urea groups is 1. The number of anilines is 1. The van der Waals surface area contributed by atoms with Crippen LogP contribution in [0.5, 0.6) is 0 Å². The van der Waals surface area contributed by atoms with Crippen LogP contribution in [0, 0.1) is 0 Å². The molecular formula is C31H34ClN3O6. The minimum absolute atomic E-state index is 0.186. The monoisotopic (exact) mass is 579 g/mol. The van der Waals surface area contributed by atoms with Crippen LogP contribution in [-0.2, 0) is 20.8 Å². The van der Waals surface area contributed by atoms with Crippen molar-refractivity contribution in [2.75, 3.05) is 51.8 Å². The van der Waals surface area contributed by atoms with E-state index in [0.717, 1.165) is 11.1 Å². The van der Waals surface area contributed by atoms with Crippen LogP contribution in [0.3, 0.4) is 0 Å². The van der Waals surface area contributed by atoms with Gasteiger partial charge in [-0.05, 0) is 66.6 Å². The van der Waals surface area contributed by atoms with Crippen LogP contribution in [0.15, 0.2) is 72.8 Å². The van der Waals surface area contributed by atoms with E-state index in [1.54, 1.807) is 48.2 Å². The molecule has 0 saturated carbocycles. The Morgan fingerprint density at radius 1 is 0.854 bits per heavy atom. The van der Waals surface area contributed by atoms with Gasteiger partial charge in [0.05, 0.1) is 37.6 Å². The third kappa shape index (κ3) is 8.53. The average Bonchev–Trinajstić information content (AvgIpc) is 3.00. The lowest BCUT2D eigenvalue weighted by Crippen LogP contribution is -2.50. The zero-order valence-electron chi connectivity index (χ0n) is 23.2. The minimum atomic E-state index is -0.390. The van der Waals surface area contributed by atoms with Gasteiger partial charge in [0.2, 0.25) is 0 Å². The van der Waals surface area contributed by atoms with Crippen molar-refractivity contribution < 1.29 is 28.6 Å². The standard InChI is InChI=1S/C31H34ClN3O6/c1-3-40-30(37)25-10-14-27(15-11-25)33-31(38)35-18-16-34(17-19-35)20-28(23-8-12-26(32)13-9-23)41-21-22-4-6-24(7-5-22)29(36)39-2/h4-15,28H,3,16-21H2,1-2H3,(H,33,38)/t28-/m0/s1. The van der Waals surface area contributed by atoms with E-state index in [1.807, 2.05) is 36.4 Å². The van der Waals surface area contributed by atoms with Crippen molar-refractivity contribution in [2.45, 2.75) is 19.6 Å². The first kappa shape index (κ1) is 30.0. The molecule has 41 heavy (non-hydrogen) atoms. The van der Waals surface area contributed by atoms with Crippen LogP contribution in [0.1, 0.15) is 44.9 Å². The number of halogens is 1. The second kappa shape index (κ2) is 14.6. The number of ether oxygens (including phenoxy) is 3. The van der Waals surface area contributed by atoms with E-state index in [-0.39, 0.29) is 24.1 Å². The summed E-state index contributed by atoms with van der Waals surface area (Å²) in [4.78, 5) is 40.5. The van der Waals surface area contributed by atoms with Crippen molar-refractivity contribution in [1.29, 1.82) is 0 Å². The number of carbonyl (C=O) groups is 3. The molecule has 2 amide bonds. The fraction of sp³-hybridized carbons (Fsp3) is 0.323. The molecule has 0 spiro atoms. The van der Waals surface area contributed by atoms with Crippen LogP contribution >= 0.6 is 11.6 Å². The number of hydrogen-bond donors (Lipinski definition) is 1. The number of amides is 2. The maximum Gasteiger partial charge on any atom is 0.338 e. The van der Waals surface area contributed by atoms with Gasteiger partial charge in [0.25, 0.3) is 0 Å². The summed E-state index contributed by atoms with van der Waals surface area (Å²) in [5.74, 6) is -0.768. The molecule has 1 aliphatic rings. The first-order valence-electron chi connectivity index (χ1n) is 13.5. The highest BCUT2D eigenvalue weighted by Gasteiger charge is 2.24. The normalized spacial score (nSPS) is 14.3. The van der Waals surface area contributed by atoms with Crippen molar-refractivity contribution in [3.05, 3.63) is 100 Å². The van der Waals surface area contributed by atoms with E-state index in [1.165, 1.54) is 7.11 Å². The molecular weight excluding hydrogens is 546 g/mol. The number of carbonyl (C=O) groups excluding carboxylic acids is 3. The number of nitrogens with one attached hydrogen (secondary N) is 1. The zero-order valence-corrected chi connectivity index (χ0v) is 23.9. The highest BCUT2D eigenvalue weighted by Crippen LogP contribution is 2.24. The van der Waals surface area contributed by atoms with E-state index in [2.05, 4.69) is 10.2 Å². The smallest absolute Gasteiger partial charge is 0.338 e. The van der Waals surface area contributed by atoms with Crippen molar-refractivity contribution in [3.63, 3.8) is 0 Å². The number of rotatable bonds is 10. The third-order valence-corrected chi connectivity index (χ3v) is 7.05. The molecule has 0 radical (unpaired) electrons. The summed E-state index contributed by atoms with van der Waals surface area (Å²) in [6.45, 7) is 5.59. The van der Waals surface area contributed by atoms with E-state index < -0.39 is 0 Å². The Morgan fingerprint density at radius 2 is 1.46 bits per heavy atom. The first-order valence-corrected chi connectivity index (χ1v) is 13.8. The molecule has 9 nitrogen and oxygen atoms in total. The Bertz CT molecular complexity index is 1310. The first-order chi connectivity index (χ1) is 19.9. The van der Waals surface area contributed by atoms with Gasteiger partial charge in [0.15, 0.2) is 0 Å². The molecule has 0 bridgehead atoms. The van der Waals surface area contributed by atoms with Gasteiger partial charge < -0.3 is 24.4 Å². The van der Waals surface area contributed by atoms with E-state index in [0.29, 0.717) is 67.8 Å². The van der Waals surface area contributed by atoms with Crippen molar-refractivity contribution in [1.82, 2.24) is 9.80 Å². The molecule has 3 aromatic carbocycles. The topological polar surface area (TPSA) is 97.4 Å². The average molecular weight is 580 g/mol. The van der Waals surface area contributed by atoms with E-state index in [4.69, 9.17) is 25.8 Å².